The summed E-state index contributed by atoms with van der Waals surface area (Å²) in [6.45, 7) is 8.07. The Morgan fingerprint density at radius 3 is 2.59 bits per heavy atom. The highest BCUT2D eigenvalue weighted by Gasteiger charge is 2.43. The van der Waals surface area contributed by atoms with E-state index in [1.807, 2.05) is 50.5 Å². The molecule has 2 aromatic heterocycles. The Hall–Kier alpha value is -3.04. The molecule has 1 aromatic carbocycles. The molecule has 3 aromatic rings. The molecule has 0 spiro atoms. The maximum absolute atomic E-state index is 13.4. The van der Waals surface area contributed by atoms with Crippen molar-refractivity contribution in [2.75, 3.05) is 6.54 Å². The molecule has 8 nitrogen and oxygen atoms in total. The first-order chi connectivity index (χ1) is 16.2. The van der Waals surface area contributed by atoms with Crippen LogP contribution in [0, 0.1) is 19.8 Å². The molecule has 9 heteroatoms. The van der Waals surface area contributed by atoms with E-state index in [9.17, 15) is 14.7 Å². The Kier molecular flexibility index (Phi) is 7.13. The number of likely N-dealkylation sites (tertiary alicyclic amines) is 1. The molecule has 1 saturated heterocycles. The van der Waals surface area contributed by atoms with Gasteiger partial charge in [-0.2, -0.15) is 0 Å². The van der Waals surface area contributed by atoms with Crippen LogP contribution in [-0.4, -0.2) is 50.5 Å². The number of nitrogens with one attached hydrogen (secondary N) is 1. The molecule has 1 fully saturated rings. The van der Waals surface area contributed by atoms with Crippen LogP contribution in [0.1, 0.15) is 49.0 Å². The lowest BCUT2D eigenvalue weighted by atomic mass is 9.93. The van der Waals surface area contributed by atoms with Crippen LogP contribution < -0.4 is 5.32 Å². The second-order valence-electron chi connectivity index (χ2n) is 9.13. The molecule has 34 heavy (non-hydrogen) atoms. The standard InChI is InChI=1S/C25H30N4O4S/c1-14(2)21(24-28-15(3)12-33-24)25(32)29-11-19(30)9-20(29)23(31)26-10-17-5-7-18(8-6-17)22-16(4)27-13-34-22/h5-8,12-14,19-21,30H,9-11H2,1-4H3,(H,26,31)/t19-,20+,21-/m1/s1. The number of carbonyl (C=O) groups is 2. The van der Waals surface area contributed by atoms with Crippen LogP contribution >= 0.6 is 11.3 Å². The fourth-order valence-corrected chi connectivity index (χ4v) is 5.15. The van der Waals surface area contributed by atoms with E-state index < -0.39 is 18.1 Å². The average Bonchev–Trinajstić information content (AvgIpc) is 3.52. The molecule has 3 atom stereocenters. The van der Waals surface area contributed by atoms with E-state index in [0.717, 1.165) is 21.7 Å². The summed E-state index contributed by atoms with van der Waals surface area (Å²) in [6, 6.07) is 7.24. The summed E-state index contributed by atoms with van der Waals surface area (Å²) in [6.07, 6.45) is 0.972. The normalized spacial score (nSPS) is 18.9. The number of carbonyl (C=O) groups excluding carboxylic acids is 2. The number of aromatic nitrogens is 2. The van der Waals surface area contributed by atoms with E-state index in [4.69, 9.17) is 4.42 Å². The van der Waals surface area contributed by atoms with Gasteiger partial charge in [-0.3, -0.25) is 9.59 Å². The van der Waals surface area contributed by atoms with Gasteiger partial charge in [0.05, 0.1) is 27.9 Å². The summed E-state index contributed by atoms with van der Waals surface area (Å²) in [4.78, 5) is 37.7. The molecule has 0 aliphatic carbocycles. The number of aliphatic hydroxyl groups is 1. The third kappa shape index (κ3) is 5.05. The van der Waals surface area contributed by atoms with Gasteiger partial charge >= 0.3 is 0 Å². The molecule has 180 valence electrons. The van der Waals surface area contributed by atoms with Crippen molar-refractivity contribution in [3.8, 4) is 10.4 Å². The number of amides is 2. The summed E-state index contributed by atoms with van der Waals surface area (Å²) in [5.74, 6) is -0.879. The van der Waals surface area contributed by atoms with Gasteiger partial charge in [-0.15, -0.1) is 11.3 Å². The van der Waals surface area contributed by atoms with Crippen molar-refractivity contribution >= 4 is 23.2 Å². The SMILES string of the molecule is Cc1coc([C@H](C(=O)N2C[C@H](O)C[C@H]2C(=O)NCc2ccc(-c3scnc3C)cc2)C(C)C)n1. The first kappa shape index (κ1) is 24.1. The average molecular weight is 483 g/mol. The Morgan fingerprint density at radius 1 is 1.26 bits per heavy atom. The minimum absolute atomic E-state index is 0.0762. The third-order valence-corrected chi connectivity index (χ3v) is 7.11. The van der Waals surface area contributed by atoms with Gasteiger partial charge < -0.3 is 19.7 Å². The molecule has 3 heterocycles. The van der Waals surface area contributed by atoms with Gasteiger partial charge in [-0.05, 0) is 30.9 Å². The molecule has 2 amide bonds. The number of aliphatic hydroxyl groups excluding tert-OH is 1. The minimum atomic E-state index is -0.749. The minimum Gasteiger partial charge on any atom is -0.448 e. The molecule has 1 aliphatic rings. The molecule has 0 unspecified atom stereocenters. The second-order valence-corrected chi connectivity index (χ2v) is 9.98. The van der Waals surface area contributed by atoms with E-state index in [-0.39, 0.29) is 30.7 Å². The van der Waals surface area contributed by atoms with Crippen molar-refractivity contribution in [3.05, 3.63) is 58.9 Å². The van der Waals surface area contributed by atoms with Crippen molar-refractivity contribution in [1.82, 2.24) is 20.2 Å². The zero-order valence-electron chi connectivity index (χ0n) is 19.8. The lowest BCUT2D eigenvalue weighted by Crippen LogP contribution is -2.48. The number of aryl methyl sites for hydroxylation is 2. The lowest BCUT2D eigenvalue weighted by Gasteiger charge is -2.28. The van der Waals surface area contributed by atoms with Crippen LogP contribution in [0.4, 0.5) is 0 Å². The van der Waals surface area contributed by atoms with E-state index in [1.165, 1.54) is 11.2 Å². The van der Waals surface area contributed by atoms with Gasteiger partial charge in [0, 0.05) is 19.5 Å². The zero-order chi connectivity index (χ0) is 24.4. The van der Waals surface area contributed by atoms with Crippen LogP contribution in [0.25, 0.3) is 10.4 Å². The van der Waals surface area contributed by atoms with E-state index in [2.05, 4.69) is 15.3 Å². The molecule has 0 radical (unpaired) electrons. The van der Waals surface area contributed by atoms with Gasteiger partial charge in [0.25, 0.3) is 0 Å². The Morgan fingerprint density at radius 2 is 2.00 bits per heavy atom. The Balaban J connectivity index is 1.43. The molecule has 0 saturated carbocycles. The molecule has 4 rings (SSSR count). The topological polar surface area (TPSA) is 109 Å². The fourth-order valence-electron chi connectivity index (χ4n) is 4.34. The van der Waals surface area contributed by atoms with Crippen LogP contribution in [0.15, 0.2) is 40.5 Å². The summed E-state index contributed by atoms with van der Waals surface area (Å²) in [5.41, 5.74) is 5.56. The molecule has 0 bridgehead atoms. The van der Waals surface area contributed by atoms with Gasteiger partial charge in [-0.1, -0.05) is 38.1 Å². The van der Waals surface area contributed by atoms with Crippen molar-refractivity contribution in [3.63, 3.8) is 0 Å². The number of β-amino-alcohol motifs (C(OH)–C–C–N with tert-alkyl or cyclic N) is 1. The predicted octanol–water partition coefficient (Wildman–Crippen LogP) is 3.43. The van der Waals surface area contributed by atoms with E-state index in [1.54, 1.807) is 18.3 Å². The summed E-state index contributed by atoms with van der Waals surface area (Å²) >= 11 is 1.60. The smallest absolute Gasteiger partial charge is 0.243 e. The largest absolute Gasteiger partial charge is 0.448 e. The Bertz CT molecular complexity index is 1150. The van der Waals surface area contributed by atoms with Crippen LogP contribution in [-0.2, 0) is 16.1 Å². The van der Waals surface area contributed by atoms with Crippen molar-refractivity contribution in [1.29, 1.82) is 0 Å². The van der Waals surface area contributed by atoms with Crippen molar-refractivity contribution < 1.29 is 19.1 Å². The van der Waals surface area contributed by atoms with Gasteiger partial charge in [0.1, 0.15) is 18.2 Å². The highest BCUT2D eigenvalue weighted by atomic mass is 32.1. The first-order valence-electron chi connectivity index (χ1n) is 11.4. The molecular weight excluding hydrogens is 452 g/mol. The zero-order valence-corrected chi connectivity index (χ0v) is 20.6. The maximum Gasteiger partial charge on any atom is 0.243 e. The molecular formula is C25H30N4O4S. The van der Waals surface area contributed by atoms with Crippen LogP contribution in [0.3, 0.4) is 0 Å². The summed E-state index contributed by atoms with van der Waals surface area (Å²) in [7, 11) is 0. The Labute approximate surface area is 203 Å². The van der Waals surface area contributed by atoms with E-state index in [0.29, 0.717) is 18.1 Å². The highest BCUT2D eigenvalue weighted by molar-refractivity contribution is 7.13. The quantitative estimate of drug-likeness (QED) is 0.534. The number of nitrogens with zero attached hydrogens (tertiary/aromatic N) is 3. The molecule has 1 aliphatic heterocycles. The van der Waals surface area contributed by atoms with Crippen LogP contribution in [0.2, 0.25) is 0 Å². The number of thiazole rings is 1. The number of rotatable bonds is 7. The highest BCUT2D eigenvalue weighted by Crippen LogP contribution is 2.30. The number of hydrogen-bond donors (Lipinski definition) is 2. The van der Waals surface area contributed by atoms with Crippen LogP contribution in [0.5, 0.6) is 0 Å². The number of oxazole rings is 1. The van der Waals surface area contributed by atoms with Crippen molar-refractivity contribution in [2.45, 2.75) is 58.7 Å². The van der Waals surface area contributed by atoms with Gasteiger partial charge in [-0.25, -0.2) is 9.97 Å². The second kappa shape index (κ2) is 10.1. The third-order valence-electron chi connectivity index (χ3n) is 6.13. The first-order valence-corrected chi connectivity index (χ1v) is 12.3. The van der Waals surface area contributed by atoms with Crippen molar-refractivity contribution in [2.24, 2.45) is 5.92 Å². The molecule has 2 N–H and O–H groups in total. The lowest BCUT2D eigenvalue weighted by molar-refractivity contribution is -0.141. The van der Waals surface area contributed by atoms with E-state index >= 15 is 0 Å². The summed E-state index contributed by atoms with van der Waals surface area (Å²) < 4.78 is 5.52. The maximum atomic E-state index is 13.4. The van der Waals surface area contributed by atoms with Gasteiger partial charge in [0.2, 0.25) is 17.7 Å². The number of hydrogen-bond acceptors (Lipinski definition) is 7. The fraction of sp³-hybridized carbons (Fsp3) is 0.440. The number of benzene rings is 1. The monoisotopic (exact) mass is 482 g/mol. The summed E-state index contributed by atoms with van der Waals surface area (Å²) in [5, 5.41) is 13.2. The van der Waals surface area contributed by atoms with Gasteiger partial charge in [0.15, 0.2) is 0 Å². The predicted molar refractivity (Wildman–Crippen MR) is 129 cm³/mol.